The molecule has 0 atom stereocenters. The summed E-state index contributed by atoms with van der Waals surface area (Å²) in [6, 6.07) is 30.6. The molecule has 0 N–H and O–H groups in total. The minimum absolute atomic E-state index is 0.0242. The molecule has 7 heteroatoms. The Kier molecular flexibility index (Phi) is 9.54. The topological polar surface area (TPSA) is 44.5 Å². The second-order valence-electron chi connectivity index (χ2n) is 28.1. The molecule has 0 unspecified atom stereocenters. The first-order valence-corrected chi connectivity index (χ1v) is 32.7. The fraction of sp³-hybridized carbons (Fsp3) is 0.130. The Morgan fingerprint density at radius 2 is 0.768 bits per heavy atom. The van der Waals surface area contributed by atoms with Crippen LogP contribution in [0.1, 0.15) is 115 Å². The van der Waals surface area contributed by atoms with Crippen LogP contribution in [0.25, 0.3) is 104 Å². The summed E-state index contributed by atoms with van der Waals surface area (Å²) < 4.78 is 228. The van der Waals surface area contributed by atoms with E-state index in [0.29, 0.717) is 44.5 Å². The van der Waals surface area contributed by atoms with Crippen LogP contribution in [0.5, 0.6) is 0 Å². The van der Waals surface area contributed by atoms with E-state index in [0.717, 1.165) is 20.3 Å². The number of benzene rings is 13. The van der Waals surface area contributed by atoms with Crippen molar-refractivity contribution in [2.75, 3.05) is 9.80 Å². The van der Waals surface area contributed by atoms with Crippen LogP contribution < -0.4 is 26.2 Å². The van der Waals surface area contributed by atoms with Crippen LogP contribution in [0.2, 0.25) is 0 Å². The molecule has 4 heterocycles. The fourth-order valence-corrected chi connectivity index (χ4v) is 14.0. The molecule has 0 saturated heterocycles. The van der Waals surface area contributed by atoms with Gasteiger partial charge in [-0.2, -0.15) is 5.26 Å². The quantitative estimate of drug-likeness (QED) is 0.112. The lowest BCUT2D eigenvalue weighted by Crippen LogP contribution is -2.61. The molecular formula is C92H73BN6. The lowest BCUT2D eigenvalue weighted by atomic mass is 9.33. The molecule has 0 aliphatic carbocycles. The molecule has 0 bridgehead atoms. The van der Waals surface area contributed by atoms with Crippen molar-refractivity contribution in [1.29, 1.82) is 5.26 Å². The Labute approximate surface area is 611 Å². The summed E-state index contributed by atoms with van der Waals surface area (Å²) in [6.07, 6.45) is 0. The average molecular weight is 1300 g/mol. The second kappa shape index (κ2) is 22.9. The molecule has 15 aromatic rings. The average Bonchev–Trinajstić information content (AvgIpc) is 0.853. The first kappa shape index (κ1) is 41.3. The van der Waals surface area contributed by atoms with Crippen molar-refractivity contribution in [3.05, 3.63) is 312 Å². The molecule has 474 valence electrons. The minimum atomic E-state index is -1.90. The molecule has 2 aromatic heterocycles. The Bertz CT molecular complexity index is 6720. The molecular weight excluding hydrogens is 1200 g/mol. The third kappa shape index (κ3) is 9.89. The zero-order valence-corrected chi connectivity index (χ0v) is 55.6. The highest BCUT2D eigenvalue weighted by molar-refractivity contribution is 7.00. The summed E-state index contributed by atoms with van der Waals surface area (Å²) in [7, 11) is 0. The van der Waals surface area contributed by atoms with Crippen molar-refractivity contribution in [3.63, 3.8) is 0 Å². The molecule has 2 aliphatic heterocycles. The van der Waals surface area contributed by atoms with Crippen molar-refractivity contribution in [2.45, 2.75) is 78.6 Å². The van der Waals surface area contributed by atoms with Gasteiger partial charge in [-0.3, -0.25) is 0 Å². The van der Waals surface area contributed by atoms with Gasteiger partial charge in [0.1, 0.15) is 0 Å². The van der Waals surface area contributed by atoms with Crippen molar-refractivity contribution < 1.29 is 30.2 Å². The Balaban J connectivity index is 1.20. The van der Waals surface area contributed by atoms with Gasteiger partial charge in [-0.25, -0.2) is 4.85 Å². The van der Waals surface area contributed by atoms with Gasteiger partial charge in [-0.05, 0) is 180 Å². The molecule has 17 rings (SSSR count). The lowest BCUT2D eigenvalue weighted by molar-refractivity contribution is 0.590. The van der Waals surface area contributed by atoms with Crippen LogP contribution >= 0.6 is 0 Å². The third-order valence-electron chi connectivity index (χ3n) is 18.8. The van der Waals surface area contributed by atoms with E-state index in [1.54, 1.807) is 9.80 Å². The second-order valence-corrected chi connectivity index (χ2v) is 28.1. The highest BCUT2D eigenvalue weighted by Crippen LogP contribution is 2.56. The molecule has 6 nitrogen and oxygen atoms in total. The number of hydrogen-bond acceptors (Lipinski definition) is 3. The maximum absolute atomic E-state index is 11.7. The monoisotopic (exact) mass is 1290 g/mol. The summed E-state index contributed by atoms with van der Waals surface area (Å²) in [4.78, 5) is 6.80. The van der Waals surface area contributed by atoms with Gasteiger partial charge in [-0.1, -0.05) is 238 Å². The van der Waals surface area contributed by atoms with E-state index >= 15 is 0 Å². The van der Waals surface area contributed by atoms with Gasteiger partial charge in [0.25, 0.3) is 6.71 Å². The summed E-state index contributed by atoms with van der Waals surface area (Å²) in [5.74, 6) is 0. The maximum atomic E-state index is 11.7. The molecule has 0 spiro atoms. The summed E-state index contributed by atoms with van der Waals surface area (Å²) in [5.41, 5.74) is -2.44. The van der Waals surface area contributed by atoms with E-state index in [9.17, 15) is 32.7 Å². The van der Waals surface area contributed by atoms with Crippen LogP contribution in [-0.2, 0) is 16.2 Å². The Hall–Kier alpha value is -11.9. The van der Waals surface area contributed by atoms with Crippen LogP contribution in [0.4, 0.5) is 39.8 Å². The number of aromatic nitrogens is 2. The summed E-state index contributed by atoms with van der Waals surface area (Å²) in [5, 5.41) is 9.03. The first-order valence-electron chi connectivity index (χ1n) is 43.7. The first-order chi connectivity index (χ1) is 57.2. The lowest BCUT2D eigenvalue weighted by Gasteiger charge is -2.47. The van der Waals surface area contributed by atoms with E-state index in [2.05, 4.69) is 4.85 Å². The van der Waals surface area contributed by atoms with E-state index in [1.807, 2.05) is 214 Å². The largest absolute Gasteiger partial charge is 0.310 e. The van der Waals surface area contributed by atoms with Crippen molar-refractivity contribution in [2.24, 2.45) is 0 Å². The molecule has 2 aliphatic rings. The van der Waals surface area contributed by atoms with E-state index < -0.39 is 210 Å². The predicted octanol–water partition coefficient (Wildman–Crippen LogP) is 22.9. The van der Waals surface area contributed by atoms with Gasteiger partial charge in [0.2, 0.25) is 0 Å². The zero-order chi connectivity index (χ0) is 86.9. The van der Waals surface area contributed by atoms with Gasteiger partial charge in [0.05, 0.1) is 79.1 Å². The van der Waals surface area contributed by atoms with Crippen molar-refractivity contribution in [3.8, 4) is 62.0 Å². The molecule has 13 aromatic carbocycles. The molecule has 99 heavy (non-hydrogen) atoms. The number of nitrogens with zero attached hydrogens (tertiary/aromatic N) is 6. The number of anilines is 6. The molecule has 0 fully saturated rings. The maximum Gasteiger partial charge on any atom is 0.252 e. The van der Waals surface area contributed by atoms with Crippen LogP contribution in [0.15, 0.2) is 279 Å². The van der Waals surface area contributed by atoms with Crippen LogP contribution in [-0.4, -0.2) is 15.8 Å². The Morgan fingerprint density at radius 3 is 1.15 bits per heavy atom. The van der Waals surface area contributed by atoms with Gasteiger partial charge in [0.15, 0.2) is 5.69 Å². The normalized spacial score (nSPS) is 15.9. The highest BCUT2D eigenvalue weighted by Gasteiger charge is 2.47. The van der Waals surface area contributed by atoms with Gasteiger partial charge in [0, 0.05) is 75.3 Å². The smallest absolute Gasteiger partial charge is 0.252 e. The predicted molar refractivity (Wildman–Crippen MR) is 418 cm³/mol. The van der Waals surface area contributed by atoms with Gasteiger partial charge >= 0.3 is 0 Å². The van der Waals surface area contributed by atoms with Crippen LogP contribution in [0.3, 0.4) is 0 Å². The van der Waals surface area contributed by atoms with E-state index in [1.165, 1.54) is 0 Å². The molecule has 0 saturated carbocycles. The van der Waals surface area contributed by atoms with Crippen LogP contribution in [0, 0.1) is 17.9 Å². The minimum Gasteiger partial charge on any atom is -0.310 e. The number of rotatable bonds is 8. The van der Waals surface area contributed by atoms with E-state index in [4.69, 9.17) is 9.31 Å². The molecule has 0 amide bonds. The summed E-state index contributed by atoms with van der Waals surface area (Å²) >= 11 is 0. The summed E-state index contributed by atoms with van der Waals surface area (Å²) in [6.45, 7) is 24.1. The van der Waals surface area contributed by atoms with Gasteiger partial charge in [-0.15, -0.1) is 0 Å². The number of hydrogen-bond donors (Lipinski definition) is 0. The SMILES string of the molecule is [2H]c1c([2H])c(-n2c3c([2H])c([2H])c([2H])c([2H])c3c3c([2H])c(C#N)c([2H])c([2H])c32)c([2H])c2c1B1c3c([2H])c([2H])c(-n4c5c([2H])c([2H])c([2H])c([2H])c5c5c([2H])c([N+]#[C-])c([2H])c([2H])c54)c([2H])c3N(c3c(-c4ccccc4)cc(C(C)(C)C)cc3-c3ccccc3)c3c([2H])c(C(C)(C)C)c([2H])c(c31)N2c1c(-c2ccccc2)cc(C(C)(C)C)cc1-c1ccccc1. The van der Waals surface area contributed by atoms with Crippen molar-refractivity contribution >= 4 is 107 Å². The standard InChI is InChI=1S/C92H73BN6/c1-90(2,3)63-48-71(59-27-15-11-16-28-59)88(72(49-63)60-29-17-12-18-30-60)98-83-55-67(96-79-37-25-23-35-69(79)75-47-58(57-94)39-45-81(75)96)41-43-77(83)93-78-44-42-68(97-80-38-26-24-36-70(80)76-54-66(95-10)40-46-82(76)97)56-84(78)99(86-53-65(92(7,8)9)52-85(98)87(86)93)89-73(61-31-19-13-20-32-61)50-64(91(4,5)6)51-74(89)62-33-21-14-22-34-62/h11-56H,1-9H3/i23D,24D,25D,26D,35D,36D,37D,38D,39D,40D,41D,42D,43D,44D,45D,46D,47D,52D,53D,54D,55D,56D. The number of nitriles is 1. The van der Waals surface area contributed by atoms with E-state index in [-0.39, 0.29) is 68.2 Å². The zero-order valence-electron chi connectivity index (χ0n) is 77.6. The van der Waals surface area contributed by atoms with Crippen molar-refractivity contribution in [1.82, 2.24) is 9.13 Å². The number of para-hydroxylation sites is 2. The van der Waals surface area contributed by atoms with Gasteiger partial charge < -0.3 is 18.9 Å². The number of fused-ring (bicyclic) bond motifs is 10. The third-order valence-corrected chi connectivity index (χ3v) is 18.8. The Morgan fingerprint density at radius 1 is 0.394 bits per heavy atom. The fourth-order valence-electron chi connectivity index (χ4n) is 14.0. The highest BCUT2D eigenvalue weighted by atomic mass is 15.2. The molecule has 0 radical (unpaired) electrons.